The number of halogens is 1. The minimum absolute atomic E-state index is 0.457. The molecule has 0 spiro atoms. The first-order valence-electron chi connectivity index (χ1n) is 8.69. The van der Waals surface area contributed by atoms with Crippen LogP contribution in [0, 0.1) is 0 Å². The van der Waals surface area contributed by atoms with E-state index in [9.17, 15) is 4.79 Å². The number of aldehydes is 1. The highest BCUT2D eigenvalue weighted by atomic mass is 79.9. The predicted octanol–water partition coefficient (Wildman–Crippen LogP) is 5.69. The standard InChI is InChI=1S/C22H18BrNO3/c23-15-27-21-5-2-1-4-16(21)9-10-24-13-18(14-25)19-8-7-17(12-20(19)24)22-6-3-11-26-22/h1-8,11-14H,9-10,15H2. The van der Waals surface area contributed by atoms with Gasteiger partial charge in [0.15, 0.2) is 6.29 Å². The zero-order valence-electron chi connectivity index (χ0n) is 14.6. The molecular formula is C22H18BrNO3. The van der Waals surface area contributed by atoms with Gasteiger partial charge in [0.2, 0.25) is 0 Å². The Morgan fingerprint density at radius 2 is 2.00 bits per heavy atom. The molecule has 0 N–H and O–H groups in total. The zero-order valence-corrected chi connectivity index (χ0v) is 16.2. The average molecular weight is 424 g/mol. The Kier molecular flexibility index (Phi) is 5.12. The number of aromatic nitrogens is 1. The molecule has 0 saturated heterocycles. The van der Waals surface area contributed by atoms with Gasteiger partial charge in [0.05, 0.1) is 6.26 Å². The molecule has 0 bridgehead atoms. The fraction of sp³-hybridized carbons (Fsp3) is 0.136. The Hall–Kier alpha value is -2.79. The summed E-state index contributed by atoms with van der Waals surface area (Å²) in [7, 11) is 0. The second-order valence-electron chi connectivity index (χ2n) is 6.22. The third kappa shape index (κ3) is 3.55. The number of carbonyl (C=O) groups is 1. The molecule has 5 heteroatoms. The van der Waals surface area contributed by atoms with Gasteiger partial charge in [-0.1, -0.05) is 30.3 Å². The molecule has 4 aromatic rings. The van der Waals surface area contributed by atoms with Crippen LogP contribution < -0.4 is 4.74 Å². The summed E-state index contributed by atoms with van der Waals surface area (Å²) in [4.78, 5) is 11.5. The molecule has 27 heavy (non-hydrogen) atoms. The molecule has 0 fully saturated rings. The van der Waals surface area contributed by atoms with Gasteiger partial charge in [-0.3, -0.25) is 4.79 Å². The maximum atomic E-state index is 11.5. The average Bonchev–Trinajstić information content (AvgIpc) is 3.35. The molecule has 0 radical (unpaired) electrons. The first-order valence-corrected chi connectivity index (χ1v) is 9.81. The normalized spacial score (nSPS) is 11.0. The van der Waals surface area contributed by atoms with Crippen LogP contribution in [-0.4, -0.2) is 16.4 Å². The largest absolute Gasteiger partial charge is 0.482 e. The molecule has 0 unspecified atom stereocenters. The van der Waals surface area contributed by atoms with Crippen LogP contribution in [0.25, 0.3) is 22.2 Å². The van der Waals surface area contributed by atoms with Gasteiger partial charge in [0, 0.05) is 34.8 Å². The molecule has 4 nitrogen and oxygen atoms in total. The Morgan fingerprint density at radius 1 is 1.11 bits per heavy atom. The van der Waals surface area contributed by atoms with Crippen molar-refractivity contribution in [3.63, 3.8) is 0 Å². The number of nitrogens with zero attached hydrogens (tertiary/aromatic N) is 1. The zero-order chi connectivity index (χ0) is 18.6. The molecule has 2 aromatic carbocycles. The second kappa shape index (κ2) is 7.84. The van der Waals surface area contributed by atoms with Crippen LogP contribution in [0.1, 0.15) is 15.9 Å². The van der Waals surface area contributed by atoms with Gasteiger partial charge in [-0.25, -0.2) is 0 Å². The number of hydrogen-bond donors (Lipinski definition) is 0. The Bertz CT molecular complexity index is 1070. The number of benzene rings is 2. The number of rotatable bonds is 7. The van der Waals surface area contributed by atoms with Gasteiger partial charge in [-0.2, -0.15) is 0 Å². The van der Waals surface area contributed by atoms with E-state index in [2.05, 4.69) is 32.6 Å². The molecule has 2 heterocycles. The van der Waals surface area contributed by atoms with E-state index in [1.165, 1.54) is 0 Å². The van der Waals surface area contributed by atoms with E-state index in [1.54, 1.807) is 6.26 Å². The molecule has 4 rings (SSSR count). The Morgan fingerprint density at radius 3 is 2.78 bits per heavy atom. The maximum absolute atomic E-state index is 11.5. The van der Waals surface area contributed by atoms with Gasteiger partial charge >= 0.3 is 0 Å². The van der Waals surface area contributed by atoms with Gasteiger partial charge in [-0.05, 0) is 52.2 Å². The number of aryl methyl sites for hydroxylation is 2. The van der Waals surface area contributed by atoms with Crippen LogP contribution in [0.3, 0.4) is 0 Å². The number of carbonyl (C=O) groups excluding carboxylic acids is 1. The quantitative estimate of drug-likeness (QED) is 0.283. The van der Waals surface area contributed by atoms with Crippen LogP contribution >= 0.6 is 15.9 Å². The highest BCUT2D eigenvalue weighted by Gasteiger charge is 2.11. The summed E-state index contributed by atoms with van der Waals surface area (Å²) in [5.74, 6) is 1.69. The minimum Gasteiger partial charge on any atom is -0.482 e. The number of alkyl halides is 1. The van der Waals surface area contributed by atoms with Crippen molar-refractivity contribution in [3.8, 4) is 17.1 Å². The van der Waals surface area contributed by atoms with Crippen molar-refractivity contribution in [1.29, 1.82) is 0 Å². The van der Waals surface area contributed by atoms with Gasteiger partial charge in [0.1, 0.15) is 17.0 Å². The number of fused-ring (bicyclic) bond motifs is 1. The van der Waals surface area contributed by atoms with Gasteiger partial charge in [-0.15, -0.1) is 0 Å². The highest BCUT2D eigenvalue weighted by Crippen LogP contribution is 2.28. The number of hydrogen-bond acceptors (Lipinski definition) is 3. The lowest BCUT2D eigenvalue weighted by Crippen LogP contribution is -2.02. The van der Waals surface area contributed by atoms with Crippen LogP contribution in [-0.2, 0) is 13.0 Å². The lowest BCUT2D eigenvalue weighted by molar-refractivity contribution is 0.112. The summed E-state index contributed by atoms with van der Waals surface area (Å²) < 4.78 is 13.3. The van der Waals surface area contributed by atoms with E-state index in [0.29, 0.717) is 11.1 Å². The second-order valence-corrected chi connectivity index (χ2v) is 6.67. The van der Waals surface area contributed by atoms with Crippen LogP contribution in [0.5, 0.6) is 5.75 Å². The molecule has 2 aromatic heterocycles. The first kappa shape index (κ1) is 17.6. The van der Waals surface area contributed by atoms with Crippen molar-refractivity contribution < 1.29 is 13.9 Å². The van der Waals surface area contributed by atoms with Crippen molar-refractivity contribution in [2.45, 2.75) is 13.0 Å². The molecule has 0 aliphatic carbocycles. The fourth-order valence-corrected chi connectivity index (χ4v) is 3.59. The van der Waals surface area contributed by atoms with Crippen LogP contribution in [0.2, 0.25) is 0 Å². The Labute approximate surface area is 165 Å². The molecular weight excluding hydrogens is 406 g/mol. The fourth-order valence-electron chi connectivity index (χ4n) is 3.35. The van der Waals surface area contributed by atoms with Crippen molar-refractivity contribution in [2.75, 3.05) is 5.52 Å². The monoisotopic (exact) mass is 423 g/mol. The van der Waals surface area contributed by atoms with Gasteiger partial charge < -0.3 is 13.7 Å². The van der Waals surface area contributed by atoms with E-state index in [1.807, 2.05) is 48.7 Å². The molecule has 0 aliphatic rings. The third-order valence-corrected chi connectivity index (χ3v) is 4.88. The molecule has 0 aliphatic heterocycles. The summed E-state index contributed by atoms with van der Waals surface area (Å²) in [6.45, 7) is 0.745. The Balaban J connectivity index is 1.69. The van der Waals surface area contributed by atoms with E-state index in [0.717, 1.165) is 52.8 Å². The lowest BCUT2D eigenvalue weighted by atomic mass is 10.1. The number of ether oxygens (including phenoxy) is 1. The summed E-state index contributed by atoms with van der Waals surface area (Å²) in [5, 5.41) is 0.949. The summed E-state index contributed by atoms with van der Waals surface area (Å²) in [6, 6.07) is 17.9. The summed E-state index contributed by atoms with van der Waals surface area (Å²) in [6.07, 6.45) is 5.29. The summed E-state index contributed by atoms with van der Waals surface area (Å²) in [5.41, 5.74) is 4.30. The van der Waals surface area contributed by atoms with Crippen molar-refractivity contribution in [1.82, 2.24) is 4.57 Å². The number of furan rings is 1. The maximum Gasteiger partial charge on any atom is 0.152 e. The van der Waals surface area contributed by atoms with Gasteiger partial charge in [0.25, 0.3) is 0 Å². The van der Waals surface area contributed by atoms with Crippen molar-refractivity contribution in [2.24, 2.45) is 0 Å². The number of para-hydroxylation sites is 1. The van der Waals surface area contributed by atoms with Crippen LogP contribution in [0.4, 0.5) is 0 Å². The molecule has 0 amide bonds. The van der Waals surface area contributed by atoms with E-state index < -0.39 is 0 Å². The molecule has 136 valence electrons. The van der Waals surface area contributed by atoms with Crippen molar-refractivity contribution in [3.05, 3.63) is 78.2 Å². The smallest absolute Gasteiger partial charge is 0.152 e. The summed E-state index contributed by atoms with van der Waals surface area (Å²) >= 11 is 3.31. The third-order valence-electron chi connectivity index (χ3n) is 4.65. The van der Waals surface area contributed by atoms with Crippen molar-refractivity contribution >= 4 is 33.1 Å². The van der Waals surface area contributed by atoms with E-state index >= 15 is 0 Å². The molecule has 0 saturated carbocycles. The lowest BCUT2D eigenvalue weighted by Gasteiger charge is -2.11. The van der Waals surface area contributed by atoms with E-state index in [4.69, 9.17) is 9.15 Å². The SMILES string of the molecule is O=Cc1cn(CCc2ccccc2OCBr)c2cc(-c3ccco3)ccc12. The topological polar surface area (TPSA) is 44.4 Å². The predicted molar refractivity (Wildman–Crippen MR) is 110 cm³/mol. The molecule has 0 atom stereocenters. The first-order chi connectivity index (χ1) is 13.3. The van der Waals surface area contributed by atoms with Crippen LogP contribution in [0.15, 0.2) is 71.5 Å². The minimum atomic E-state index is 0.457. The van der Waals surface area contributed by atoms with E-state index in [-0.39, 0.29) is 0 Å². The highest BCUT2D eigenvalue weighted by molar-refractivity contribution is 9.09.